The third kappa shape index (κ3) is 52.0. The van der Waals surface area contributed by atoms with E-state index in [1.54, 1.807) is 0 Å². The number of carboxylic acids is 1. The molecule has 0 atom stereocenters. The van der Waals surface area contributed by atoms with Gasteiger partial charge in [-0.2, -0.15) is 0 Å². The van der Waals surface area contributed by atoms with E-state index in [0.717, 1.165) is 49.5 Å². The zero-order valence-corrected chi connectivity index (χ0v) is 19.2. The fourth-order valence-electron chi connectivity index (χ4n) is 1.93. The van der Waals surface area contributed by atoms with E-state index in [1.165, 1.54) is 25.7 Å². The van der Waals surface area contributed by atoms with Crippen LogP contribution in [0.15, 0.2) is 48.6 Å². The van der Waals surface area contributed by atoms with Gasteiger partial charge in [-0.1, -0.05) is 68.4 Å². The molecule has 0 rings (SSSR count). The van der Waals surface area contributed by atoms with E-state index in [-0.39, 0.29) is 6.42 Å². The van der Waals surface area contributed by atoms with Gasteiger partial charge >= 0.3 is 27.0 Å². The van der Waals surface area contributed by atoms with Crippen molar-refractivity contribution in [2.75, 3.05) is 0 Å². The Kier molecular flexibility index (Phi) is 29.8. The van der Waals surface area contributed by atoms with Crippen LogP contribution in [-0.2, 0) is 36.2 Å². The molecular weight excluding hydrogens is 435 g/mol. The molecule has 0 saturated carbocycles. The zero-order chi connectivity index (χ0) is 22.8. The molecule has 0 aliphatic heterocycles. The van der Waals surface area contributed by atoms with Gasteiger partial charge in [-0.3, -0.25) is 13.2 Å². The van der Waals surface area contributed by atoms with Crippen LogP contribution in [0.2, 0.25) is 0 Å². The molecule has 0 aromatic rings. The van der Waals surface area contributed by atoms with Crippen LogP contribution >= 0.6 is 0 Å². The first-order valence-corrected chi connectivity index (χ1v) is 11.3. The first-order valence-electron chi connectivity index (χ1n) is 9.44. The topological polar surface area (TPSA) is 135 Å². The molecule has 29 heavy (non-hydrogen) atoms. The van der Waals surface area contributed by atoms with Crippen molar-refractivity contribution in [2.24, 2.45) is 0 Å². The van der Waals surface area contributed by atoms with Gasteiger partial charge in [0, 0.05) is 16.8 Å². The number of hydrogen-bond acceptors (Lipinski definition) is 6. The fourth-order valence-corrected chi connectivity index (χ4v) is 1.93. The second kappa shape index (κ2) is 26.7. The summed E-state index contributed by atoms with van der Waals surface area (Å²) in [7, 11) is -5.17. The van der Waals surface area contributed by atoms with Crippen LogP contribution in [-0.4, -0.2) is 28.6 Å². The van der Waals surface area contributed by atoms with Crippen LogP contribution in [0.3, 0.4) is 0 Å². The van der Waals surface area contributed by atoms with Gasteiger partial charge in [0.1, 0.15) is 0 Å². The van der Waals surface area contributed by atoms with Crippen LogP contribution in [0.1, 0.15) is 71.1 Å². The van der Waals surface area contributed by atoms with Crippen molar-refractivity contribution < 1.29 is 48.5 Å². The van der Waals surface area contributed by atoms with E-state index < -0.39 is 16.4 Å². The van der Waals surface area contributed by atoms with E-state index in [2.05, 4.69) is 55.5 Å². The Morgan fingerprint density at radius 3 is 1.48 bits per heavy atom. The maximum absolute atomic E-state index is 10.3. The second-order valence-corrected chi connectivity index (χ2v) is 6.60. The summed E-state index contributed by atoms with van der Waals surface area (Å²) in [6.07, 6.45) is 27.3. The molecule has 0 radical (unpaired) electrons. The SMILES string of the molecule is CCCCC/C=C\C/C=C\C/C=C\C/C=C\CCCC(=O)O.O=S(=O)([O-])[O-].[O]=[V+2]. The molecule has 7 nitrogen and oxygen atoms in total. The molecule has 165 valence electrons. The van der Waals surface area contributed by atoms with Crippen molar-refractivity contribution in [1.82, 2.24) is 0 Å². The van der Waals surface area contributed by atoms with Crippen molar-refractivity contribution in [3.05, 3.63) is 48.6 Å². The first kappa shape index (κ1) is 32.4. The first-order chi connectivity index (χ1) is 13.8. The molecular formula is C20H32O7SV. The molecule has 0 aromatic carbocycles. The van der Waals surface area contributed by atoms with Crippen molar-refractivity contribution in [1.29, 1.82) is 0 Å². The summed E-state index contributed by atoms with van der Waals surface area (Å²) in [6.45, 7) is 2.23. The van der Waals surface area contributed by atoms with Gasteiger partial charge in [0.25, 0.3) is 0 Å². The fraction of sp³-hybridized carbons (Fsp3) is 0.550. The molecule has 0 spiro atoms. The molecule has 0 heterocycles. The summed E-state index contributed by atoms with van der Waals surface area (Å²) in [6, 6.07) is 0. The summed E-state index contributed by atoms with van der Waals surface area (Å²) in [4.78, 5) is 10.3. The van der Waals surface area contributed by atoms with Crippen molar-refractivity contribution in [3.8, 4) is 0 Å². The normalized spacial score (nSPS) is 11.6. The average molecular weight is 467 g/mol. The Bertz CT molecular complexity index is 574. The standard InChI is InChI=1S/C20H32O2.H2O4S.O.V/c1-2-3-4-5-6-7-8-9-10-11-12-13-14-15-16-17-18-19-20(21)22;1-5(2,3)4;;/h6-7,9-10,12-13,15-16H,2-5,8,11,14,17-19H2,1H3,(H,21,22);(H2,1,2,3,4);;/q;;;+2/p-2/b7-6-,10-9-,13-12-,16-15-;;;. The molecule has 0 saturated heterocycles. The summed E-state index contributed by atoms with van der Waals surface area (Å²) in [5.74, 6) is -0.712. The molecule has 0 fully saturated rings. The van der Waals surface area contributed by atoms with Crippen LogP contribution in [0.5, 0.6) is 0 Å². The quantitative estimate of drug-likeness (QED) is 0.168. The van der Waals surface area contributed by atoms with Crippen LogP contribution in [0.4, 0.5) is 0 Å². The minimum atomic E-state index is -5.17. The van der Waals surface area contributed by atoms with Gasteiger partial charge in [0.2, 0.25) is 0 Å². The molecule has 1 N–H and O–H groups in total. The summed E-state index contributed by atoms with van der Waals surface area (Å²) < 4.78 is 42.3. The summed E-state index contributed by atoms with van der Waals surface area (Å²) in [5.41, 5.74) is 0. The van der Waals surface area contributed by atoms with E-state index in [0.29, 0.717) is 0 Å². The Morgan fingerprint density at radius 2 is 1.14 bits per heavy atom. The summed E-state index contributed by atoms with van der Waals surface area (Å²) in [5, 5.41) is 8.49. The van der Waals surface area contributed by atoms with Gasteiger partial charge in [-0.15, -0.1) is 0 Å². The number of hydrogen-bond donors (Lipinski definition) is 1. The molecule has 0 aromatic heterocycles. The van der Waals surface area contributed by atoms with Crippen LogP contribution < -0.4 is 0 Å². The number of carbonyl (C=O) groups is 1. The molecule has 0 amide bonds. The van der Waals surface area contributed by atoms with E-state index in [4.69, 9.17) is 26.3 Å². The Labute approximate surface area is 184 Å². The number of allylic oxidation sites excluding steroid dienone is 8. The third-order valence-electron chi connectivity index (χ3n) is 3.22. The van der Waals surface area contributed by atoms with E-state index in [9.17, 15) is 4.79 Å². The van der Waals surface area contributed by atoms with E-state index >= 15 is 0 Å². The number of unbranched alkanes of at least 4 members (excludes halogenated alkanes) is 4. The van der Waals surface area contributed by atoms with Crippen LogP contribution in [0, 0.1) is 0 Å². The van der Waals surface area contributed by atoms with Crippen LogP contribution in [0.25, 0.3) is 0 Å². The summed E-state index contributed by atoms with van der Waals surface area (Å²) >= 11 is 1.06. The van der Waals surface area contributed by atoms with Gasteiger partial charge < -0.3 is 14.2 Å². The van der Waals surface area contributed by atoms with E-state index in [1.807, 2.05) is 0 Å². The van der Waals surface area contributed by atoms with Gasteiger partial charge in [0.15, 0.2) is 0 Å². The predicted molar refractivity (Wildman–Crippen MR) is 107 cm³/mol. The zero-order valence-electron chi connectivity index (χ0n) is 16.9. The van der Waals surface area contributed by atoms with Crippen molar-refractivity contribution >= 4 is 16.4 Å². The third-order valence-corrected chi connectivity index (χ3v) is 3.22. The van der Waals surface area contributed by atoms with Gasteiger partial charge in [0.05, 0.1) is 0 Å². The van der Waals surface area contributed by atoms with Crippen molar-refractivity contribution in [3.63, 3.8) is 0 Å². The number of rotatable bonds is 14. The Hall–Kier alpha value is -1.32. The monoisotopic (exact) mass is 467 g/mol. The number of carboxylic acid groups (broad SMARTS) is 1. The maximum atomic E-state index is 10.3. The van der Waals surface area contributed by atoms with Gasteiger partial charge in [-0.05, 0) is 44.9 Å². The molecule has 0 aliphatic rings. The predicted octanol–water partition coefficient (Wildman–Crippen LogP) is 4.76. The van der Waals surface area contributed by atoms with Gasteiger partial charge in [-0.25, -0.2) is 0 Å². The minimum absolute atomic E-state index is 0.262. The average Bonchev–Trinajstić information content (AvgIpc) is 2.64. The molecule has 0 aliphatic carbocycles. The van der Waals surface area contributed by atoms with Crippen molar-refractivity contribution in [2.45, 2.75) is 71.1 Å². The molecule has 0 unspecified atom stereocenters. The number of aliphatic carboxylic acids is 1. The second-order valence-electron chi connectivity index (χ2n) is 5.78. The Morgan fingerprint density at radius 1 is 0.793 bits per heavy atom. The molecule has 0 bridgehead atoms. The molecule has 9 heteroatoms. The Balaban J connectivity index is -0.000000833.